The van der Waals surface area contributed by atoms with Crippen LogP contribution in [-0.4, -0.2) is 34.3 Å². The Hall–Kier alpha value is -0.870. The fourth-order valence-corrected chi connectivity index (χ4v) is 2.33. The minimum Gasteiger partial charge on any atom is -0.326 e. The van der Waals surface area contributed by atoms with E-state index >= 15 is 0 Å². The predicted molar refractivity (Wildman–Crippen MR) is 55.9 cm³/mol. The van der Waals surface area contributed by atoms with Gasteiger partial charge in [-0.1, -0.05) is 0 Å². The summed E-state index contributed by atoms with van der Waals surface area (Å²) < 4.78 is 1.95. The molecule has 78 valence electrons. The van der Waals surface area contributed by atoms with Crippen molar-refractivity contribution in [2.75, 3.05) is 13.6 Å². The maximum atomic E-state index is 6.10. The molecule has 0 aliphatic carbocycles. The molecular formula is C10H18N4. The molecule has 1 fully saturated rings. The van der Waals surface area contributed by atoms with Crippen LogP contribution in [0.3, 0.4) is 0 Å². The van der Waals surface area contributed by atoms with Crippen LogP contribution < -0.4 is 5.73 Å². The summed E-state index contributed by atoms with van der Waals surface area (Å²) in [6.45, 7) is 3.10. The third-order valence-electron chi connectivity index (χ3n) is 3.04. The van der Waals surface area contributed by atoms with Gasteiger partial charge in [0, 0.05) is 19.6 Å². The van der Waals surface area contributed by atoms with Crippen molar-refractivity contribution in [1.82, 2.24) is 14.7 Å². The molecule has 4 nitrogen and oxygen atoms in total. The largest absolute Gasteiger partial charge is 0.326 e. The second-order valence-electron chi connectivity index (χ2n) is 4.21. The number of aromatic nitrogens is 2. The van der Waals surface area contributed by atoms with Crippen LogP contribution in [0.2, 0.25) is 0 Å². The van der Waals surface area contributed by atoms with Gasteiger partial charge in [-0.2, -0.15) is 5.10 Å². The summed E-state index contributed by atoms with van der Waals surface area (Å²) in [5.41, 5.74) is 8.39. The summed E-state index contributed by atoms with van der Waals surface area (Å²) in [5.74, 6) is 0. The zero-order valence-electron chi connectivity index (χ0n) is 9.07. The fraction of sp³-hybridized carbons (Fsp3) is 0.700. The first kappa shape index (κ1) is 9.68. The molecule has 2 unspecified atom stereocenters. The topological polar surface area (TPSA) is 47.1 Å². The molecule has 2 rings (SSSR count). The van der Waals surface area contributed by atoms with Crippen LogP contribution >= 0.6 is 0 Å². The molecular weight excluding hydrogens is 176 g/mol. The third kappa shape index (κ3) is 1.44. The van der Waals surface area contributed by atoms with Gasteiger partial charge in [0.15, 0.2) is 0 Å². The fourth-order valence-electron chi connectivity index (χ4n) is 2.33. The highest BCUT2D eigenvalue weighted by atomic mass is 15.3. The number of hydrogen-bond acceptors (Lipinski definition) is 3. The van der Waals surface area contributed by atoms with Gasteiger partial charge in [-0.05, 0) is 26.5 Å². The maximum absolute atomic E-state index is 6.10. The van der Waals surface area contributed by atoms with Crippen molar-refractivity contribution in [2.45, 2.75) is 25.4 Å². The van der Waals surface area contributed by atoms with Crippen LogP contribution in [0.5, 0.6) is 0 Å². The van der Waals surface area contributed by atoms with E-state index in [0.29, 0.717) is 6.04 Å². The van der Waals surface area contributed by atoms with Gasteiger partial charge in [0.2, 0.25) is 0 Å². The SMILES string of the molecule is Cc1cc(C2C(N)CCN2C)n(C)n1. The van der Waals surface area contributed by atoms with E-state index in [1.165, 1.54) is 5.69 Å². The van der Waals surface area contributed by atoms with E-state index in [0.717, 1.165) is 18.7 Å². The Morgan fingerprint density at radius 2 is 2.21 bits per heavy atom. The lowest BCUT2D eigenvalue weighted by molar-refractivity contribution is 0.291. The van der Waals surface area contributed by atoms with E-state index in [1.807, 2.05) is 18.7 Å². The van der Waals surface area contributed by atoms with Crippen LogP contribution in [0.15, 0.2) is 6.07 Å². The van der Waals surface area contributed by atoms with Crippen LogP contribution in [0.1, 0.15) is 23.9 Å². The summed E-state index contributed by atoms with van der Waals surface area (Å²) in [6, 6.07) is 2.71. The minimum absolute atomic E-state index is 0.245. The second-order valence-corrected chi connectivity index (χ2v) is 4.21. The molecule has 0 saturated carbocycles. The summed E-state index contributed by atoms with van der Waals surface area (Å²) in [7, 11) is 4.11. The zero-order valence-corrected chi connectivity index (χ0v) is 9.07. The normalized spacial score (nSPS) is 28.6. The average Bonchev–Trinajstić information content (AvgIpc) is 2.57. The standard InChI is InChI=1S/C10H18N4/c1-7-6-9(14(3)12-7)10-8(11)4-5-13(10)2/h6,8,10H,4-5,11H2,1-3H3. The lowest BCUT2D eigenvalue weighted by atomic mass is 10.1. The molecule has 0 amide bonds. The Bertz CT molecular complexity index is 321. The van der Waals surface area contributed by atoms with Gasteiger partial charge in [0.05, 0.1) is 17.4 Å². The van der Waals surface area contributed by atoms with Gasteiger partial charge in [-0.25, -0.2) is 0 Å². The molecule has 14 heavy (non-hydrogen) atoms. The Morgan fingerprint density at radius 1 is 1.50 bits per heavy atom. The number of nitrogens with zero attached hydrogens (tertiary/aromatic N) is 3. The predicted octanol–water partition coefficient (Wildman–Crippen LogP) is 0.432. The molecule has 2 atom stereocenters. The highest BCUT2D eigenvalue weighted by Gasteiger charge is 2.32. The Balaban J connectivity index is 2.33. The molecule has 1 saturated heterocycles. The molecule has 1 aliphatic heterocycles. The number of likely N-dealkylation sites (N-methyl/N-ethyl adjacent to an activating group) is 1. The molecule has 1 aliphatic rings. The van der Waals surface area contributed by atoms with Crippen molar-refractivity contribution in [2.24, 2.45) is 12.8 Å². The van der Waals surface area contributed by atoms with Crippen LogP contribution in [-0.2, 0) is 7.05 Å². The quantitative estimate of drug-likeness (QED) is 0.705. The summed E-state index contributed by atoms with van der Waals surface area (Å²) in [4.78, 5) is 2.31. The number of hydrogen-bond donors (Lipinski definition) is 1. The number of aryl methyl sites for hydroxylation is 2. The first-order valence-corrected chi connectivity index (χ1v) is 5.06. The highest BCUT2D eigenvalue weighted by Crippen LogP contribution is 2.29. The first-order chi connectivity index (χ1) is 6.59. The average molecular weight is 194 g/mol. The Morgan fingerprint density at radius 3 is 2.64 bits per heavy atom. The molecule has 0 spiro atoms. The van der Waals surface area contributed by atoms with Crippen molar-refractivity contribution in [1.29, 1.82) is 0 Å². The van der Waals surface area contributed by atoms with Crippen LogP contribution in [0.4, 0.5) is 0 Å². The molecule has 1 aromatic heterocycles. The smallest absolute Gasteiger partial charge is 0.0668 e. The van der Waals surface area contributed by atoms with Gasteiger partial charge in [-0.15, -0.1) is 0 Å². The molecule has 0 aromatic carbocycles. The lowest BCUT2D eigenvalue weighted by Crippen LogP contribution is -2.31. The molecule has 0 bridgehead atoms. The summed E-state index contributed by atoms with van der Waals surface area (Å²) in [6.07, 6.45) is 1.07. The van der Waals surface area contributed by atoms with E-state index in [9.17, 15) is 0 Å². The number of nitrogens with two attached hydrogens (primary N) is 1. The monoisotopic (exact) mass is 194 g/mol. The van der Waals surface area contributed by atoms with Crippen molar-refractivity contribution in [3.63, 3.8) is 0 Å². The van der Waals surface area contributed by atoms with E-state index in [-0.39, 0.29) is 6.04 Å². The first-order valence-electron chi connectivity index (χ1n) is 5.06. The Labute approximate surface area is 84.7 Å². The van der Waals surface area contributed by atoms with Crippen molar-refractivity contribution < 1.29 is 0 Å². The number of rotatable bonds is 1. The van der Waals surface area contributed by atoms with Crippen LogP contribution in [0, 0.1) is 6.92 Å². The molecule has 0 radical (unpaired) electrons. The molecule has 2 N–H and O–H groups in total. The van der Waals surface area contributed by atoms with E-state index in [4.69, 9.17) is 5.73 Å². The van der Waals surface area contributed by atoms with Gasteiger partial charge in [-0.3, -0.25) is 9.58 Å². The van der Waals surface area contributed by atoms with E-state index in [2.05, 4.69) is 23.1 Å². The molecule has 4 heteroatoms. The molecule has 2 heterocycles. The van der Waals surface area contributed by atoms with Gasteiger partial charge in [0.1, 0.15) is 0 Å². The third-order valence-corrected chi connectivity index (χ3v) is 3.04. The zero-order chi connectivity index (χ0) is 10.3. The van der Waals surface area contributed by atoms with Gasteiger partial charge < -0.3 is 5.73 Å². The van der Waals surface area contributed by atoms with Crippen molar-refractivity contribution in [3.05, 3.63) is 17.5 Å². The second kappa shape index (κ2) is 3.37. The van der Waals surface area contributed by atoms with E-state index in [1.54, 1.807) is 0 Å². The summed E-state index contributed by atoms with van der Waals surface area (Å²) >= 11 is 0. The highest BCUT2D eigenvalue weighted by molar-refractivity contribution is 5.16. The molecule has 1 aromatic rings. The van der Waals surface area contributed by atoms with Crippen molar-refractivity contribution >= 4 is 0 Å². The Kier molecular flexibility index (Phi) is 2.33. The minimum atomic E-state index is 0.245. The lowest BCUT2D eigenvalue weighted by Gasteiger charge is -2.22. The number of likely N-dealkylation sites (tertiary alicyclic amines) is 1. The van der Waals surface area contributed by atoms with Crippen LogP contribution in [0.25, 0.3) is 0 Å². The van der Waals surface area contributed by atoms with Crippen molar-refractivity contribution in [3.8, 4) is 0 Å². The van der Waals surface area contributed by atoms with Gasteiger partial charge in [0.25, 0.3) is 0 Å². The summed E-state index contributed by atoms with van der Waals surface area (Å²) in [5, 5.41) is 4.36. The van der Waals surface area contributed by atoms with E-state index < -0.39 is 0 Å². The maximum Gasteiger partial charge on any atom is 0.0668 e. The van der Waals surface area contributed by atoms with Gasteiger partial charge >= 0.3 is 0 Å².